The highest BCUT2D eigenvalue weighted by Gasteiger charge is 2.18. The third-order valence-corrected chi connectivity index (χ3v) is 2.68. The van der Waals surface area contributed by atoms with Crippen molar-refractivity contribution in [2.24, 2.45) is 5.73 Å². The van der Waals surface area contributed by atoms with Crippen molar-refractivity contribution in [3.8, 4) is 0 Å². The van der Waals surface area contributed by atoms with E-state index in [0.717, 1.165) is 5.56 Å². The molecule has 0 spiro atoms. The van der Waals surface area contributed by atoms with Crippen molar-refractivity contribution < 1.29 is 9.18 Å². The van der Waals surface area contributed by atoms with Gasteiger partial charge in [-0.3, -0.25) is 4.79 Å². The van der Waals surface area contributed by atoms with Gasteiger partial charge in [0.15, 0.2) is 0 Å². The lowest BCUT2D eigenvalue weighted by Crippen LogP contribution is -2.40. The van der Waals surface area contributed by atoms with E-state index < -0.39 is 5.54 Å². The summed E-state index contributed by atoms with van der Waals surface area (Å²) < 4.78 is 12.7. The van der Waals surface area contributed by atoms with Crippen LogP contribution in [0.3, 0.4) is 0 Å². The summed E-state index contributed by atoms with van der Waals surface area (Å²) in [5.74, 6) is -0.210. The lowest BCUT2D eigenvalue weighted by molar-refractivity contribution is -0.130. The third kappa shape index (κ3) is 5.27. The second-order valence-corrected chi connectivity index (χ2v) is 5.36. The summed E-state index contributed by atoms with van der Waals surface area (Å²) in [5.41, 5.74) is 6.34. The van der Waals surface area contributed by atoms with Crippen LogP contribution in [0.5, 0.6) is 0 Å². The Labute approximate surface area is 108 Å². The molecule has 3 nitrogen and oxygen atoms in total. The van der Waals surface area contributed by atoms with Gasteiger partial charge in [0.05, 0.1) is 0 Å². The maximum absolute atomic E-state index is 12.7. The van der Waals surface area contributed by atoms with Gasteiger partial charge in [-0.15, -0.1) is 0 Å². The molecule has 1 aromatic rings. The molecule has 1 rings (SSSR count). The Morgan fingerprint density at radius 3 is 2.39 bits per heavy atom. The minimum Gasteiger partial charge on any atom is -0.345 e. The van der Waals surface area contributed by atoms with Gasteiger partial charge >= 0.3 is 0 Å². The van der Waals surface area contributed by atoms with E-state index in [4.69, 9.17) is 5.73 Å². The zero-order chi connectivity index (χ0) is 13.8. The zero-order valence-corrected chi connectivity index (χ0v) is 11.2. The Balaban J connectivity index is 2.43. The standard InChI is InChI=1S/C14H21FN2O/c1-14(2,16)10-13(18)17(3)9-8-11-4-6-12(15)7-5-11/h4-7H,8-10,16H2,1-3H3. The van der Waals surface area contributed by atoms with E-state index in [1.807, 2.05) is 13.8 Å². The average molecular weight is 252 g/mol. The quantitative estimate of drug-likeness (QED) is 0.870. The number of halogens is 1. The number of carbonyl (C=O) groups excluding carboxylic acids is 1. The predicted molar refractivity (Wildman–Crippen MR) is 70.6 cm³/mol. The fourth-order valence-corrected chi connectivity index (χ4v) is 1.60. The molecule has 0 aromatic heterocycles. The average Bonchev–Trinajstić information content (AvgIpc) is 2.25. The molecular formula is C14H21FN2O. The number of likely N-dealkylation sites (N-methyl/N-ethyl adjacent to an activating group) is 1. The van der Waals surface area contributed by atoms with Crippen LogP contribution in [0.25, 0.3) is 0 Å². The van der Waals surface area contributed by atoms with Gasteiger partial charge in [-0.25, -0.2) is 4.39 Å². The second kappa shape index (κ2) is 5.96. The van der Waals surface area contributed by atoms with Gasteiger partial charge in [0.25, 0.3) is 0 Å². The molecule has 0 heterocycles. The molecule has 100 valence electrons. The number of nitrogens with two attached hydrogens (primary N) is 1. The van der Waals surface area contributed by atoms with Crippen LogP contribution in [-0.4, -0.2) is 29.9 Å². The Bertz CT molecular complexity index is 395. The minimum atomic E-state index is -0.485. The van der Waals surface area contributed by atoms with Crippen LogP contribution in [0.15, 0.2) is 24.3 Å². The van der Waals surface area contributed by atoms with Crippen LogP contribution >= 0.6 is 0 Å². The summed E-state index contributed by atoms with van der Waals surface area (Å²) in [5, 5.41) is 0. The maximum atomic E-state index is 12.7. The highest BCUT2D eigenvalue weighted by atomic mass is 19.1. The molecule has 0 aliphatic heterocycles. The van der Waals surface area contributed by atoms with Crippen LogP contribution in [0.4, 0.5) is 4.39 Å². The van der Waals surface area contributed by atoms with Crippen molar-refractivity contribution in [1.82, 2.24) is 4.90 Å². The molecule has 0 radical (unpaired) electrons. The van der Waals surface area contributed by atoms with Crippen molar-refractivity contribution in [3.63, 3.8) is 0 Å². The maximum Gasteiger partial charge on any atom is 0.224 e. The van der Waals surface area contributed by atoms with Gasteiger partial charge in [-0.1, -0.05) is 12.1 Å². The lowest BCUT2D eigenvalue weighted by Gasteiger charge is -2.23. The molecule has 0 fully saturated rings. The van der Waals surface area contributed by atoms with Gasteiger partial charge in [-0.05, 0) is 38.0 Å². The van der Waals surface area contributed by atoms with Crippen molar-refractivity contribution >= 4 is 5.91 Å². The van der Waals surface area contributed by atoms with Crippen LogP contribution in [0.2, 0.25) is 0 Å². The second-order valence-electron chi connectivity index (χ2n) is 5.36. The molecule has 0 aliphatic carbocycles. The number of carbonyl (C=O) groups is 1. The van der Waals surface area contributed by atoms with Crippen LogP contribution in [0, 0.1) is 5.82 Å². The first-order valence-corrected chi connectivity index (χ1v) is 6.05. The molecule has 0 saturated carbocycles. The van der Waals surface area contributed by atoms with Crippen LogP contribution in [0.1, 0.15) is 25.8 Å². The molecule has 0 aliphatic rings. The molecule has 0 unspecified atom stereocenters. The normalized spacial score (nSPS) is 11.4. The summed E-state index contributed by atoms with van der Waals surface area (Å²) in [6, 6.07) is 6.33. The summed E-state index contributed by atoms with van der Waals surface area (Å²) in [7, 11) is 1.76. The van der Waals surface area contributed by atoms with E-state index in [9.17, 15) is 9.18 Å². The number of amides is 1. The molecule has 0 atom stereocenters. The number of hydrogen-bond acceptors (Lipinski definition) is 2. The van der Waals surface area contributed by atoms with Gasteiger partial charge in [-0.2, -0.15) is 0 Å². The van der Waals surface area contributed by atoms with Crippen molar-refractivity contribution in [2.75, 3.05) is 13.6 Å². The van der Waals surface area contributed by atoms with Crippen LogP contribution in [-0.2, 0) is 11.2 Å². The zero-order valence-electron chi connectivity index (χ0n) is 11.2. The SMILES string of the molecule is CN(CCc1ccc(F)cc1)C(=O)CC(C)(C)N. The number of hydrogen-bond donors (Lipinski definition) is 1. The van der Waals surface area contributed by atoms with E-state index in [2.05, 4.69) is 0 Å². The Morgan fingerprint density at radius 2 is 1.89 bits per heavy atom. The first-order valence-electron chi connectivity index (χ1n) is 6.05. The number of rotatable bonds is 5. The fraction of sp³-hybridized carbons (Fsp3) is 0.500. The van der Waals surface area contributed by atoms with E-state index in [-0.39, 0.29) is 11.7 Å². The Morgan fingerprint density at radius 1 is 1.33 bits per heavy atom. The lowest BCUT2D eigenvalue weighted by atomic mass is 10.0. The molecule has 1 aromatic carbocycles. The van der Waals surface area contributed by atoms with Crippen molar-refractivity contribution in [1.29, 1.82) is 0 Å². The molecule has 18 heavy (non-hydrogen) atoms. The first-order chi connectivity index (χ1) is 8.28. The topological polar surface area (TPSA) is 46.3 Å². The van der Waals surface area contributed by atoms with Gasteiger partial charge in [0.2, 0.25) is 5.91 Å². The number of benzene rings is 1. The molecule has 0 bridgehead atoms. The monoisotopic (exact) mass is 252 g/mol. The molecule has 4 heteroatoms. The summed E-state index contributed by atoms with van der Waals surface area (Å²) in [6.45, 7) is 4.28. The molecule has 2 N–H and O–H groups in total. The summed E-state index contributed by atoms with van der Waals surface area (Å²) in [6.07, 6.45) is 1.04. The smallest absolute Gasteiger partial charge is 0.224 e. The first kappa shape index (κ1) is 14.6. The van der Waals surface area contributed by atoms with E-state index >= 15 is 0 Å². The largest absolute Gasteiger partial charge is 0.345 e. The predicted octanol–water partition coefficient (Wildman–Crippen LogP) is 1.95. The Kier molecular flexibility index (Phi) is 4.84. The molecule has 0 saturated heterocycles. The van der Waals surface area contributed by atoms with E-state index in [1.165, 1.54) is 12.1 Å². The minimum absolute atomic E-state index is 0.0320. The molecular weight excluding hydrogens is 231 g/mol. The van der Waals surface area contributed by atoms with Gasteiger partial charge in [0.1, 0.15) is 5.82 Å². The highest BCUT2D eigenvalue weighted by Crippen LogP contribution is 2.08. The number of nitrogens with zero attached hydrogens (tertiary/aromatic N) is 1. The Hall–Kier alpha value is -1.42. The highest BCUT2D eigenvalue weighted by molar-refractivity contribution is 5.77. The summed E-state index contributed by atoms with van der Waals surface area (Å²) in [4.78, 5) is 13.5. The van der Waals surface area contributed by atoms with Crippen molar-refractivity contribution in [2.45, 2.75) is 32.2 Å². The van der Waals surface area contributed by atoms with E-state index in [1.54, 1.807) is 24.1 Å². The van der Waals surface area contributed by atoms with Gasteiger partial charge in [0, 0.05) is 25.6 Å². The van der Waals surface area contributed by atoms with Gasteiger partial charge < -0.3 is 10.6 Å². The molecule has 1 amide bonds. The van der Waals surface area contributed by atoms with Crippen LogP contribution < -0.4 is 5.73 Å². The summed E-state index contributed by atoms with van der Waals surface area (Å²) >= 11 is 0. The third-order valence-electron chi connectivity index (χ3n) is 2.68. The van der Waals surface area contributed by atoms with Crippen molar-refractivity contribution in [3.05, 3.63) is 35.6 Å². The van der Waals surface area contributed by atoms with E-state index in [0.29, 0.717) is 19.4 Å². The fourth-order valence-electron chi connectivity index (χ4n) is 1.60.